The van der Waals surface area contributed by atoms with Crippen molar-refractivity contribution in [3.05, 3.63) is 86.5 Å². The number of hydrogen-bond acceptors (Lipinski definition) is 10. The molecule has 1 aliphatic rings. The Kier molecular flexibility index (Phi) is 6.67. The van der Waals surface area contributed by atoms with Gasteiger partial charge in [0.2, 0.25) is 12.5 Å². The van der Waals surface area contributed by atoms with Gasteiger partial charge in [-0.1, -0.05) is 0 Å². The van der Waals surface area contributed by atoms with Gasteiger partial charge in [0, 0.05) is 17.8 Å². The monoisotopic (exact) mass is 479 g/mol. The summed E-state index contributed by atoms with van der Waals surface area (Å²) < 4.78 is 16.0. The zero-order chi connectivity index (χ0) is 24.8. The lowest BCUT2D eigenvalue weighted by atomic mass is 10.2. The van der Waals surface area contributed by atoms with Gasteiger partial charge in [-0.25, -0.2) is 5.43 Å². The van der Waals surface area contributed by atoms with E-state index in [0.29, 0.717) is 22.7 Å². The largest absolute Gasteiger partial charge is 0.454 e. The van der Waals surface area contributed by atoms with Gasteiger partial charge in [-0.05, 0) is 48.0 Å². The summed E-state index contributed by atoms with van der Waals surface area (Å²) >= 11 is 0. The van der Waals surface area contributed by atoms with E-state index in [1.807, 2.05) is 0 Å². The molecule has 3 aromatic carbocycles. The molecule has 35 heavy (non-hydrogen) atoms. The third-order valence-corrected chi connectivity index (χ3v) is 4.69. The minimum absolute atomic E-state index is 0.0161. The Morgan fingerprint density at radius 2 is 1.77 bits per heavy atom. The number of fused-ring (bicyclic) bond motifs is 1. The van der Waals surface area contributed by atoms with Crippen molar-refractivity contribution in [2.45, 2.75) is 0 Å². The highest BCUT2D eigenvalue weighted by atomic mass is 16.7. The fourth-order valence-electron chi connectivity index (χ4n) is 3.00. The SMILES string of the molecule is O=C(CNc1ccc2c(c1)OCO2)N/N=C/c1ccc(Oc2ccc([N+](=O)[O-])cc2[N+](=O)[O-])cc1. The van der Waals surface area contributed by atoms with Crippen molar-refractivity contribution in [1.29, 1.82) is 0 Å². The third-order valence-electron chi connectivity index (χ3n) is 4.69. The van der Waals surface area contributed by atoms with Crippen molar-refractivity contribution in [2.75, 3.05) is 18.7 Å². The summed E-state index contributed by atoms with van der Waals surface area (Å²) in [6.07, 6.45) is 1.41. The highest BCUT2D eigenvalue weighted by Crippen LogP contribution is 2.35. The summed E-state index contributed by atoms with van der Waals surface area (Å²) in [7, 11) is 0. The topological polar surface area (TPSA) is 167 Å². The lowest BCUT2D eigenvalue weighted by Gasteiger charge is -2.07. The highest BCUT2D eigenvalue weighted by molar-refractivity contribution is 5.84. The van der Waals surface area contributed by atoms with E-state index in [1.54, 1.807) is 30.3 Å². The van der Waals surface area contributed by atoms with Gasteiger partial charge in [0.15, 0.2) is 11.5 Å². The molecule has 0 aliphatic carbocycles. The van der Waals surface area contributed by atoms with Crippen LogP contribution in [0.4, 0.5) is 17.1 Å². The van der Waals surface area contributed by atoms with Crippen LogP contribution in [0.2, 0.25) is 0 Å². The molecule has 0 spiro atoms. The quantitative estimate of drug-likeness (QED) is 0.265. The van der Waals surface area contributed by atoms with Crippen LogP contribution in [0, 0.1) is 20.2 Å². The molecule has 13 nitrogen and oxygen atoms in total. The number of nitro benzene ring substituents is 2. The number of nitrogens with one attached hydrogen (secondary N) is 2. The first-order valence-electron chi connectivity index (χ1n) is 10.1. The molecule has 1 heterocycles. The van der Waals surface area contributed by atoms with Gasteiger partial charge in [0.25, 0.3) is 11.6 Å². The van der Waals surface area contributed by atoms with Crippen LogP contribution >= 0.6 is 0 Å². The van der Waals surface area contributed by atoms with Crippen molar-refractivity contribution in [3.63, 3.8) is 0 Å². The zero-order valence-electron chi connectivity index (χ0n) is 17.9. The average molecular weight is 479 g/mol. The predicted molar refractivity (Wildman–Crippen MR) is 123 cm³/mol. The van der Waals surface area contributed by atoms with Gasteiger partial charge in [0.05, 0.1) is 28.7 Å². The van der Waals surface area contributed by atoms with E-state index >= 15 is 0 Å². The highest BCUT2D eigenvalue weighted by Gasteiger charge is 2.21. The van der Waals surface area contributed by atoms with Crippen molar-refractivity contribution >= 4 is 29.2 Å². The van der Waals surface area contributed by atoms with Crippen LogP contribution in [-0.2, 0) is 4.79 Å². The molecule has 1 amide bonds. The molecule has 3 aromatic rings. The molecule has 0 unspecified atom stereocenters. The van der Waals surface area contributed by atoms with Gasteiger partial charge >= 0.3 is 5.69 Å². The molecule has 2 N–H and O–H groups in total. The molecule has 13 heteroatoms. The van der Waals surface area contributed by atoms with Crippen LogP contribution in [-0.4, -0.2) is 35.3 Å². The Bertz CT molecular complexity index is 1310. The van der Waals surface area contributed by atoms with Crippen LogP contribution in [0.5, 0.6) is 23.0 Å². The second kappa shape index (κ2) is 10.2. The number of hydrogen-bond donors (Lipinski definition) is 2. The first kappa shape index (κ1) is 23.0. The second-order valence-electron chi connectivity index (χ2n) is 7.05. The Labute approximate surface area is 197 Å². The van der Waals surface area contributed by atoms with Crippen LogP contribution in [0.1, 0.15) is 5.56 Å². The van der Waals surface area contributed by atoms with Crippen molar-refractivity contribution in [2.24, 2.45) is 5.10 Å². The van der Waals surface area contributed by atoms with Crippen LogP contribution in [0.3, 0.4) is 0 Å². The molecule has 0 atom stereocenters. The Hall–Kier alpha value is -5.20. The third kappa shape index (κ3) is 5.78. The number of carbonyl (C=O) groups is 1. The maximum absolute atomic E-state index is 12.0. The fraction of sp³-hybridized carbons (Fsp3) is 0.0909. The molecule has 0 aromatic heterocycles. The average Bonchev–Trinajstić information content (AvgIpc) is 3.32. The van der Waals surface area contributed by atoms with Crippen LogP contribution in [0.25, 0.3) is 0 Å². The number of anilines is 1. The summed E-state index contributed by atoms with van der Waals surface area (Å²) in [6.45, 7) is 0.149. The predicted octanol–water partition coefficient (Wildman–Crippen LogP) is 3.59. The van der Waals surface area contributed by atoms with E-state index in [1.165, 1.54) is 24.4 Å². The number of benzene rings is 3. The number of rotatable bonds is 9. The normalized spacial score (nSPS) is 11.8. The van der Waals surface area contributed by atoms with E-state index in [2.05, 4.69) is 15.8 Å². The van der Waals surface area contributed by atoms with Gasteiger partial charge in [-0.15, -0.1) is 0 Å². The van der Waals surface area contributed by atoms with Crippen molar-refractivity contribution in [1.82, 2.24) is 5.43 Å². The number of nitro groups is 2. The van der Waals surface area contributed by atoms with Crippen LogP contribution in [0.15, 0.2) is 65.8 Å². The van der Waals surface area contributed by atoms with Crippen molar-refractivity contribution in [3.8, 4) is 23.0 Å². The second-order valence-corrected chi connectivity index (χ2v) is 7.05. The minimum atomic E-state index is -0.757. The van der Waals surface area contributed by atoms with Gasteiger partial charge < -0.3 is 19.5 Å². The lowest BCUT2D eigenvalue weighted by molar-refractivity contribution is -0.394. The van der Waals surface area contributed by atoms with E-state index in [4.69, 9.17) is 14.2 Å². The lowest BCUT2D eigenvalue weighted by Crippen LogP contribution is -2.25. The molecule has 4 rings (SSSR count). The molecular weight excluding hydrogens is 462 g/mol. The van der Waals surface area contributed by atoms with Gasteiger partial charge in [0.1, 0.15) is 5.75 Å². The Balaban J connectivity index is 1.29. The van der Waals surface area contributed by atoms with E-state index < -0.39 is 21.2 Å². The molecule has 0 fully saturated rings. The molecule has 178 valence electrons. The number of hydrazone groups is 1. The molecule has 0 bridgehead atoms. The van der Waals surface area contributed by atoms with Gasteiger partial charge in [-0.3, -0.25) is 25.0 Å². The first-order chi connectivity index (χ1) is 16.9. The maximum atomic E-state index is 12.0. The van der Waals surface area contributed by atoms with Gasteiger partial charge in [-0.2, -0.15) is 5.10 Å². The summed E-state index contributed by atoms with van der Waals surface area (Å²) in [5.41, 5.74) is 2.77. The number of ether oxygens (including phenoxy) is 3. The molecule has 0 saturated heterocycles. The summed E-state index contributed by atoms with van der Waals surface area (Å²) in [4.78, 5) is 32.6. The van der Waals surface area contributed by atoms with E-state index in [-0.39, 0.29) is 30.7 Å². The fourth-order valence-corrected chi connectivity index (χ4v) is 3.00. The molecule has 0 saturated carbocycles. The zero-order valence-corrected chi connectivity index (χ0v) is 17.9. The summed E-state index contributed by atoms with van der Waals surface area (Å²) in [6, 6.07) is 14.7. The minimum Gasteiger partial charge on any atom is -0.454 e. The summed E-state index contributed by atoms with van der Waals surface area (Å²) in [5, 5.41) is 28.9. The molecule has 0 radical (unpaired) electrons. The Morgan fingerprint density at radius 1 is 1.00 bits per heavy atom. The Morgan fingerprint density at radius 3 is 2.51 bits per heavy atom. The summed E-state index contributed by atoms with van der Waals surface area (Å²) in [5.74, 6) is 1.01. The number of nitrogens with zero attached hydrogens (tertiary/aromatic N) is 3. The van der Waals surface area contributed by atoms with E-state index in [0.717, 1.165) is 12.1 Å². The first-order valence-corrected chi connectivity index (χ1v) is 10.1. The number of carbonyl (C=O) groups excluding carboxylic acids is 1. The van der Waals surface area contributed by atoms with E-state index in [9.17, 15) is 25.0 Å². The molecule has 1 aliphatic heterocycles. The molecular formula is C22H17N5O8. The number of amides is 1. The van der Waals surface area contributed by atoms with Crippen LogP contribution < -0.4 is 25.0 Å². The smallest absolute Gasteiger partial charge is 0.318 e. The standard InChI is InChI=1S/C22H17N5O8/c28-22(12-23-15-3-7-20-21(9-15)34-13-33-20)25-24-11-14-1-5-17(6-2-14)35-19-8-4-16(26(29)30)10-18(19)27(31)32/h1-11,23H,12-13H2,(H,25,28)/b24-11+. The number of non-ortho nitro benzene ring substituents is 1. The maximum Gasteiger partial charge on any atom is 0.318 e. The van der Waals surface area contributed by atoms with Crippen molar-refractivity contribution < 1.29 is 28.9 Å².